The van der Waals surface area contributed by atoms with E-state index in [1.54, 1.807) is 0 Å². The first kappa shape index (κ1) is 54.6. The molecule has 18 aromatic rings. The molecule has 6 nitrogen and oxygen atoms in total. The summed E-state index contributed by atoms with van der Waals surface area (Å²) in [4.78, 5) is 14.4. The fourth-order valence-electron chi connectivity index (χ4n) is 13.6. The largest absolute Gasteiger partial charge is 0.309 e. The normalized spacial score (nSPS) is 11.4. The molecule has 436 valence electrons. The van der Waals surface area contributed by atoms with Crippen molar-refractivity contribution < 1.29 is 0 Å². The predicted molar refractivity (Wildman–Crippen MR) is 387 cm³/mol. The molecule has 0 fully saturated rings. The molecule has 13 aromatic carbocycles. The van der Waals surface area contributed by atoms with E-state index in [0.29, 0.717) is 5.82 Å². The van der Waals surface area contributed by atoms with Crippen molar-refractivity contribution in [2.24, 2.45) is 0 Å². The SMILES string of the molecule is c1ccc(-c2cc(-c3ccc(-n4c5ccccc5c5ccccc54)cc3)cc(-c3ccc(-n4c5ccccc5c5ccccc54)cc3)c2)cc1.c1ccc(-c2cc(-c3cccc(-c4ccc(-n5c6ccccc6c6ccncc65)cc4)c3)nc(-c3ccccc3)n2)cc1. The molecule has 0 aliphatic rings. The van der Waals surface area contributed by atoms with Crippen molar-refractivity contribution in [3.05, 3.63) is 352 Å². The van der Waals surface area contributed by atoms with Crippen LogP contribution in [0.3, 0.4) is 0 Å². The van der Waals surface area contributed by atoms with E-state index in [1.807, 2.05) is 48.8 Å². The van der Waals surface area contributed by atoms with Gasteiger partial charge < -0.3 is 13.7 Å². The number of fused-ring (bicyclic) bond motifs is 9. The molecule has 0 atom stereocenters. The van der Waals surface area contributed by atoms with E-state index < -0.39 is 0 Å². The lowest BCUT2D eigenvalue weighted by atomic mass is 9.93. The highest BCUT2D eigenvalue weighted by atomic mass is 15.0. The van der Waals surface area contributed by atoms with Crippen LogP contribution in [0.1, 0.15) is 0 Å². The van der Waals surface area contributed by atoms with E-state index in [0.717, 1.165) is 61.8 Å². The lowest BCUT2D eigenvalue weighted by Gasteiger charge is -2.14. The van der Waals surface area contributed by atoms with E-state index in [9.17, 15) is 0 Å². The molecule has 18 rings (SSSR count). The maximum absolute atomic E-state index is 5.02. The number of benzene rings is 13. The first-order chi connectivity index (χ1) is 46.1. The maximum Gasteiger partial charge on any atom is 0.160 e. The molecular formula is C87H58N6. The molecule has 0 aliphatic heterocycles. The van der Waals surface area contributed by atoms with Crippen molar-refractivity contribution in [2.75, 3.05) is 0 Å². The van der Waals surface area contributed by atoms with Crippen molar-refractivity contribution in [2.45, 2.75) is 0 Å². The summed E-state index contributed by atoms with van der Waals surface area (Å²) in [7, 11) is 0. The van der Waals surface area contributed by atoms with Crippen LogP contribution in [0.25, 0.3) is 161 Å². The zero-order valence-electron chi connectivity index (χ0n) is 50.7. The van der Waals surface area contributed by atoms with Gasteiger partial charge in [-0.25, -0.2) is 9.97 Å². The topological polar surface area (TPSA) is 53.5 Å². The second kappa shape index (κ2) is 23.5. The number of para-hydroxylation sites is 5. The summed E-state index contributed by atoms with van der Waals surface area (Å²) in [5, 5.41) is 7.53. The molecule has 0 radical (unpaired) electrons. The fourth-order valence-corrected chi connectivity index (χ4v) is 13.6. The number of pyridine rings is 1. The zero-order valence-corrected chi connectivity index (χ0v) is 50.7. The van der Waals surface area contributed by atoms with Gasteiger partial charge in [0.05, 0.1) is 50.7 Å². The lowest BCUT2D eigenvalue weighted by Crippen LogP contribution is -1.96. The minimum absolute atomic E-state index is 0.715. The number of aromatic nitrogens is 6. The van der Waals surface area contributed by atoms with Crippen LogP contribution >= 0.6 is 0 Å². The Morgan fingerprint density at radius 2 is 0.495 bits per heavy atom. The Hall–Kier alpha value is -12.5. The van der Waals surface area contributed by atoms with Crippen molar-refractivity contribution in [1.82, 2.24) is 28.7 Å². The summed E-state index contributed by atoms with van der Waals surface area (Å²) in [6, 6.07) is 121. The molecule has 0 amide bonds. The van der Waals surface area contributed by atoms with Crippen LogP contribution in [0.5, 0.6) is 0 Å². The molecule has 0 spiro atoms. The van der Waals surface area contributed by atoms with Gasteiger partial charge in [0.15, 0.2) is 5.82 Å². The van der Waals surface area contributed by atoms with Crippen LogP contribution in [-0.2, 0) is 0 Å². The quantitative estimate of drug-likeness (QED) is 0.137. The van der Waals surface area contributed by atoms with E-state index in [1.165, 1.54) is 93.3 Å². The maximum atomic E-state index is 5.02. The van der Waals surface area contributed by atoms with E-state index in [4.69, 9.17) is 9.97 Å². The summed E-state index contributed by atoms with van der Waals surface area (Å²) >= 11 is 0. The molecule has 0 saturated heterocycles. The second-order valence-electron chi connectivity index (χ2n) is 23.6. The van der Waals surface area contributed by atoms with Gasteiger partial charge in [0.2, 0.25) is 0 Å². The van der Waals surface area contributed by atoms with Gasteiger partial charge in [-0.1, -0.05) is 237 Å². The Balaban J connectivity index is 0.000000144. The van der Waals surface area contributed by atoms with E-state index >= 15 is 0 Å². The average Bonchev–Trinajstić information content (AvgIpc) is 1.69. The molecular weight excluding hydrogens is 1130 g/mol. The molecule has 93 heavy (non-hydrogen) atoms. The summed E-state index contributed by atoms with van der Waals surface area (Å²) < 4.78 is 7.03. The smallest absolute Gasteiger partial charge is 0.160 e. The fraction of sp³-hybridized carbons (Fsp3) is 0. The van der Waals surface area contributed by atoms with Gasteiger partial charge in [-0.2, -0.15) is 0 Å². The van der Waals surface area contributed by atoms with Gasteiger partial charge in [0, 0.05) is 72.3 Å². The third-order valence-electron chi connectivity index (χ3n) is 18.0. The van der Waals surface area contributed by atoms with Gasteiger partial charge in [0.1, 0.15) is 0 Å². The first-order valence-corrected chi connectivity index (χ1v) is 31.5. The summed E-state index contributed by atoms with van der Waals surface area (Å²) in [5.41, 5.74) is 24.9. The minimum Gasteiger partial charge on any atom is -0.309 e. The monoisotopic (exact) mass is 1190 g/mol. The van der Waals surface area contributed by atoms with Gasteiger partial charge in [0.25, 0.3) is 0 Å². The standard InChI is InChI=1S/C48H32N2.C39H26N4/c1-2-12-33(13-3-1)36-30-37(34-22-26-39(27-23-34)49-45-18-8-4-14-41(45)42-15-5-9-19-46(42)49)32-38(31-36)35-24-28-40(29-25-35)50-47-20-10-6-16-43(47)44-17-7-11-21-48(44)50;1-3-10-28(11-4-1)35-25-36(42-39(41-35)29-12-5-2-6-13-29)31-15-9-14-30(24-31)27-18-20-32(21-19-27)43-37-17-8-7-16-33(37)34-22-23-40-26-38(34)43/h1-32H;1-26H. The van der Waals surface area contributed by atoms with Crippen molar-refractivity contribution in [1.29, 1.82) is 0 Å². The Kier molecular flexibility index (Phi) is 13.8. The van der Waals surface area contributed by atoms with Crippen LogP contribution in [0.4, 0.5) is 0 Å². The number of rotatable bonds is 10. The van der Waals surface area contributed by atoms with Crippen LogP contribution < -0.4 is 0 Å². The van der Waals surface area contributed by atoms with Crippen molar-refractivity contribution >= 4 is 65.4 Å². The predicted octanol–water partition coefficient (Wildman–Crippen LogP) is 22.5. The van der Waals surface area contributed by atoms with Gasteiger partial charge in [-0.15, -0.1) is 0 Å². The highest BCUT2D eigenvalue weighted by Crippen LogP contribution is 2.39. The van der Waals surface area contributed by atoms with Crippen LogP contribution in [0.15, 0.2) is 352 Å². The summed E-state index contributed by atoms with van der Waals surface area (Å²) in [6.07, 6.45) is 3.81. The van der Waals surface area contributed by atoms with Crippen molar-refractivity contribution in [3.8, 4) is 95.5 Å². The Morgan fingerprint density at radius 3 is 0.925 bits per heavy atom. The zero-order chi connectivity index (χ0) is 61.6. The van der Waals surface area contributed by atoms with Gasteiger partial charge in [-0.05, 0) is 148 Å². The Morgan fingerprint density at radius 1 is 0.194 bits per heavy atom. The minimum atomic E-state index is 0.715. The number of hydrogen-bond donors (Lipinski definition) is 0. The van der Waals surface area contributed by atoms with Gasteiger partial charge in [-0.3, -0.25) is 4.98 Å². The first-order valence-electron chi connectivity index (χ1n) is 31.5. The molecule has 5 heterocycles. The molecule has 0 aliphatic carbocycles. The summed E-state index contributed by atoms with van der Waals surface area (Å²) in [5.74, 6) is 0.715. The van der Waals surface area contributed by atoms with Crippen LogP contribution in [-0.4, -0.2) is 28.7 Å². The number of hydrogen-bond acceptors (Lipinski definition) is 3. The van der Waals surface area contributed by atoms with Crippen LogP contribution in [0.2, 0.25) is 0 Å². The van der Waals surface area contributed by atoms with E-state index in [-0.39, 0.29) is 0 Å². The Bertz CT molecular complexity index is 5380. The molecule has 0 saturated carbocycles. The average molecular weight is 1190 g/mol. The van der Waals surface area contributed by atoms with Gasteiger partial charge >= 0.3 is 0 Å². The Labute approximate surface area is 538 Å². The second-order valence-corrected chi connectivity index (χ2v) is 23.6. The highest BCUT2D eigenvalue weighted by molar-refractivity contribution is 6.11. The third kappa shape index (κ3) is 10.1. The van der Waals surface area contributed by atoms with Crippen molar-refractivity contribution in [3.63, 3.8) is 0 Å². The highest BCUT2D eigenvalue weighted by Gasteiger charge is 2.18. The molecule has 0 bridgehead atoms. The molecule has 5 aromatic heterocycles. The van der Waals surface area contributed by atoms with Crippen LogP contribution in [0, 0.1) is 0 Å². The summed E-state index contributed by atoms with van der Waals surface area (Å²) in [6.45, 7) is 0. The molecule has 6 heteroatoms. The lowest BCUT2D eigenvalue weighted by molar-refractivity contribution is 1.17. The molecule has 0 unspecified atom stereocenters. The van der Waals surface area contributed by atoms with E-state index in [2.05, 4.69) is 322 Å². The third-order valence-corrected chi connectivity index (χ3v) is 18.0. The number of nitrogens with zero attached hydrogens (tertiary/aromatic N) is 6. The molecule has 0 N–H and O–H groups in total.